The molecule has 132 valence electrons. The number of nitrogens with one attached hydrogen (secondary N) is 1. The summed E-state index contributed by atoms with van der Waals surface area (Å²) in [6.07, 6.45) is 0. The van der Waals surface area contributed by atoms with Crippen molar-refractivity contribution < 1.29 is 13.6 Å². The van der Waals surface area contributed by atoms with Crippen molar-refractivity contribution in [3.05, 3.63) is 88.5 Å². The minimum atomic E-state index is -1.14. The first-order valence-corrected chi connectivity index (χ1v) is 8.31. The van der Waals surface area contributed by atoms with Gasteiger partial charge in [-0.1, -0.05) is 30.3 Å². The fourth-order valence-electron chi connectivity index (χ4n) is 2.96. The van der Waals surface area contributed by atoms with Crippen LogP contribution in [0.15, 0.2) is 54.6 Å². The number of benzene rings is 3. The van der Waals surface area contributed by atoms with Crippen LogP contribution in [0.2, 0.25) is 0 Å². The number of carbonyl (C=O) groups excluding carboxylic acids is 1. The molecule has 0 unspecified atom stereocenters. The molecular weight excluding hydrogens is 332 g/mol. The Hall–Kier alpha value is -3.01. The van der Waals surface area contributed by atoms with Gasteiger partial charge in [-0.2, -0.15) is 0 Å². The minimum Gasteiger partial charge on any atom is -0.322 e. The summed E-state index contributed by atoms with van der Waals surface area (Å²) in [5.74, 6) is -2.87. The Labute approximate surface area is 151 Å². The maximum absolute atomic E-state index is 13.8. The van der Waals surface area contributed by atoms with Gasteiger partial charge < -0.3 is 5.32 Å². The Morgan fingerprint density at radius 3 is 2.31 bits per heavy atom. The van der Waals surface area contributed by atoms with Crippen molar-refractivity contribution in [1.29, 1.82) is 0 Å². The molecule has 0 spiro atoms. The normalized spacial score (nSPS) is 10.7. The summed E-state index contributed by atoms with van der Waals surface area (Å²) in [5, 5.41) is 2.63. The molecule has 0 aliphatic carbocycles. The summed E-state index contributed by atoms with van der Waals surface area (Å²) in [4.78, 5) is 12.2. The fraction of sp³-hybridized carbons (Fsp3) is 0.136. The third kappa shape index (κ3) is 3.36. The number of hydrogen-bond acceptors (Lipinski definition) is 1. The van der Waals surface area contributed by atoms with Gasteiger partial charge >= 0.3 is 0 Å². The van der Waals surface area contributed by atoms with E-state index in [1.54, 1.807) is 6.07 Å². The smallest absolute Gasteiger partial charge is 0.258 e. The van der Waals surface area contributed by atoms with Crippen molar-refractivity contribution in [1.82, 2.24) is 0 Å². The molecule has 0 aliphatic heterocycles. The van der Waals surface area contributed by atoms with Crippen LogP contribution in [0, 0.1) is 32.4 Å². The predicted molar refractivity (Wildman–Crippen MR) is 100 cm³/mol. The van der Waals surface area contributed by atoms with E-state index in [1.807, 2.05) is 25.1 Å². The summed E-state index contributed by atoms with van der Waals surface area (Å²) in [5.41, 5.74) is 5.82. The predicted octanol–water partition coefficient (Wildman–Crippen LogP) is 5.81. The molecule has 1 N–H and O–H groups in total. The van der Waals surface area contributed by atoms with Gasteiger partial charge in [-0.3, -0.25) is 4.79 Å². The van der Waals surface area contributed by atoms with Crippen LogP contribution in [-0.4, -0.2) is 5.91 Å². The van der Waals surface area contributed by atoms with E-state index in [9.17, 15) is 13.6 Å². The van der Waals surface area contributed by atoms with Crippen molar-refractivity contribution >= 4 is 11.6 Å². The van der Waals surface area contributed by atoms with Crippen LogP contribution < -0.4 is 5.32 Å². The molecule has 0 saturated carbocycles. The number of anilines is 1. The second-order valence-electron chi connectivity index (χ2n) is 6.33. The molecule has 26 heavy (non-hydrogen) atoms. The van der Waals surface area contributed by atoms with Crippen LogP contribution >= 0.6 is 0 Å². The summed E-state index contributed by atoms with van der Waals surface area (Å²) in [6.45, 7) is 6.10. The van der Waals surface area contributed by atoms with Gasteiger partial charge in [0, 0.05) is 5.69 Å². The van der Waals surface area contributed by atoms with Gasteiger partial charge in [0.25, 0.3) is 5.91 Å². The van der Waals surface area contributed by atoms with Gasteiger partial charge in [0.1, 0.15) is 0 Å². The van der Waals surface area contributed by atoms with E-state index in [1.165, 1.54) is 23.3 Å². The molecule has 0 heterocycles. The number of carbonyl (C=O) groups is 1. The van der Waals surface area contributed by atoms with Crippen molar-refractivity contribution in [3.8, 4) is 11.1 Å². The summed E-state index contributed by atoms with van der Waals surface area (Å²) < 4.78 is 27.1. The maximum atomic E-state index is 13.8. The topological polar surface area (TPSA) is 29.1 Å². The summed E-state index contributed by atoms with van der Waals surface area (Å²) in [6, 6.07) is 15.2. The summed E-state index contributed by atoms with van der Waals surface area (Å²) in [7, 11) is 0. The van der Waals surface area contributed by atoms with Crippen molar-refractivity contribution in [2.45, 2.75) is 20.8 Å². The molecule has 3 rings (SSSR count). The SMILES string of the molecule is Cc1cc(NC(=O)c2cccc(F)c2F)ccc1-c1cccc(C)c1C. The quantitative estimate of drug-likeness (QED) is 0.634. The Bertz CT molecular complexity index is 995. The highest BCUT2D eigenvalue weighted by atomic mass is 19.2. The van der Waals surface area contributed by atoms with Gasteiger partial charge in [0.2, 0.25) is 0 Å². The monoisotopic (exact) mass is 351 g/mol. The molecular formula is C22H19F2NO. The molecule has 0 saturated heterocycles. The van der Waals surface area contributed by atoms with Gasteiger partial charge in [0.05, 0.1) is 5.56 Å². The van der Waals surface area contributed by atoms with Crippen molar-refractivity contribution in [2.24, 2.45) is 0 Å². The summed E-state index contributed by atoms with van der Waals surface area (Å²) >= 11 is 0. The molecule has 0 fully saturated rings. The zero-order valence-electron chi connectivity index (χ0n) is 14.9. The van der Waals surface area contributed by atoms with E-state index in [-0.39, 0.29) is 5.56 Å². The van der Waals surface area contributed by atoms with Crippen LogP contribution in [0.25, 0.3) is 11.1 Å². The van der Waals surface area contributed by atoms with Crippen LogP contribution in [0.1, 0.15) is 27.0 Å². The molecule has 0 atom stereocenters. The lowest BCUT2D eigenvalue weighted by Gasteiger charge is -2.13. The van der Waals surface area contributed by atoms with Gasteiger partial charge in [-0.25, -0.2) is 8.78 Å². The highest BCUT2D eigenvalue weighted by Crippen LogP contribution is 2.30. The molecule has 0 aliphatic rings. The van der Waals surface area contributed by atoms with Crippen LogP contribution in [-0.2, 0) is 0 Å². The minimum absolute atomic E-state index is 0.318. The average Bonchev–Trinajstić information content (AvgIpc) is 2.60. The number of halogens is 2. The van der Waals surface area contributed by atoms with E-state index in [4.69, 9.17) is 0 Å². The molecule has 0 aromatic heterocycles. The van der Waals surface area contributed by atoms with E-state index in [2.05, 4.69) is 31.3 Å². The van der Waals surface area contributed by atoms with Crippen molar-refractivity contribution in [2.75, 3.05) is 5.32 Å². The number of hydrogen-bond donors (Lipinski definition) is 1. The first-order valence-electron chi connectivity index (χ1n) is 8.31. The van der Waals surface area contributed by atoms with Gasteiger partial charge in [-0.05, 0) is 72.9 Å². The molecule has 4 heteroatoms. The molecule has 0 radical (unpaired) electrons. The molecule has 3 aromatic carbocycles. The first kappa shape index (κ1) is 17.8. The molecule has 1 amide bonds. The van der Waals surface area contributed by atoms with Gasteiger partial charge in [-0.15, -0.1) is 0 Å². The maximum Gasteiger partial charge on any atom is 0.258 e. The fourth-order valence-corrected chi connectivity index (χ4v) is 2.96. The molecule has 0 bridgehead atoms. The zero-order valence-corrected chi connectivity index (χ0v) is 14.9. The number of rotatable bonds is 3. The largest absolute Gasteiger partial charge is 0.322 e. The third-order valence-corrected chi connectivity index (χ3v) is 4.58. The third-order valence-electron chi connectivity index (χ3n) is 4.58. The van der Waals surface area contributed by atoms with Crippen molar-refractivity contribution in [3.63, 3.8) is 0 Å². The first-order chi connectivity index (χ1) is 12.4. The van der Waals surface area contributed by atoms with E-state index >= 15 is 0 Å². The van der Waals surface area contributed by atoms with E-state index in [0.717, 1.165) is 22.8 Å². The van der Waals surface area contributed by atoms with E-state index in [0.29, 0.717) is 5.69 Å². The van der Waals surface area contributed by atoms with E-state index < -0.39 is 17.5 Å². The average molecular weight is 351 g/mol. The highest BCUT2D eigenvalue weighted by molar-refractivity contribution is 6.04. The Morgan fingerprint density at radius 2 is 1.58 bits per heavy atom. The lowest BCUT2D eigenvalue weighted by molar-refractivity contribution is 0.102. The Morgan fingerprint density at radius 1 is 0.846 bits per heavy atom. The Kier molecular flexibility index (Phi) is 4.85. The molecule has 3 aromatic rings. The molecule has 2 nitrogen and oxygen atoms in total. The van der Waals surface area contributed by atoms with Crippen LogP contribution in [0.5, 0.6) is 0 Å². The lowest BCUT2D eigenvalue weighted by Crippen LogP contribution is -2.14. The van der Waals surface area contributed by atoms with Gasteiger partial charge in [0.15, 0.2) is 11.6 Å². The van der Waals surface area contributed by atoms with Crippen LogP contribution in [0.4, 0.5) is 14.5 Å². The lowest BCUT2D eigenvalue weighted by atomic mass is 9.94. The second kappa shape index (κ2) is 7.08. The number of aryl methyl sites for hydroxylation is 2. The standard InChI is InChI=1S/C22H19F2NO/c1-13-6-4-7-18(15(13)3)17-11-10-16(12-14(17)2)25-22(26)19-8-5-9-20(23)21(19)24/h4-12H,1-3H3,(H,25,26). The highest BCUT2D eigenvalue weighted by Gasteiger charge is 2.15. The second-order valence-corrected chi connectivity index (χ2v) is 6.33. The zero-order chi connectivity index (χ0) is 18.8. The van der Waals surface area contributed by atoms with Crippen LogP contribution in [0.3, 0.4) is 0 Å². The number of amides is 1. The Balaban J connectivity index is 1.89.